The van der Waals surface area contributed by atoms with Crippen molar-refractivity contribution in [3.05, 3.63) is 17.5 Å². The second-order valence-corrected chi connectivity index (χ2v) is 7.35. The quantitative estimate of drug-likeness (QED) is 0.910. The predicted octanol–water partition coefficient (Wildman–Crippen LogP) is 1.44. The Kier molecular flexibility index (Phi) is 4.90. The van der Waals surface area contributed by atoms with Crippen LogP contribution in [0.4, 0.5) is 0 Å². The summed E-state index contributed by atoms with van der Waals surface area (Å²) in [6.45, 7) is 9.89. The Morgan fingerprint density at radius 3 is 2.53 bits per heavy atom. The van der Waals surface area contributed by atoms with E-state index in [4.69, 9.17) is 0 Å². The molecule has 1 rings (SSSR count). The summed E-state index contributed by atoms with van der Waals surface area (Å²) in [4.78, 5) is 12.0. The molecule has 1 aromatic heterocycles. The fraction of sp³-hybridized carbons (Fsp3) is 0.692. The molecule has 0 spiro atoms. The van der Waals surface area contributed by atoms with Crippen molar-refractivity contribution in [2.75, 3.05) is 12.0 Å². The predicted molar refractivity (Wildman–Crippen MR) is 77.8 cm³/mol. The third-order valence-corrected chi connectivity index (χ3v) is 3.59. The standard InChI is InChI=1S/C13H23N3O2S/c1-9(8-19(6)18)14-12(17)11-7-10(2)16(15-11)13(3,4)5/h7,9H,8H2,1-6H3,(H,14,17)/t9-,19-/m0/s1. The van der Waals surface area contributed by atoms with E-state index >= 15 is 0 Å². The molecule has 1 amide bonds. The molecule has 108 valence electrons. The summed E-state index contributed by atoms with van der Waals surface area (Å²) < 4.78 is 12.9. The fourth-order valence-corrected chi connectivity index (χ4v) is 2.74. The number of hydrogen-bond acceptors (Lipinski definition) is 3. The van der Waals surface area contributed by atoms with Gasteiger partial charge in [0.25, 0.3) is 5.91 Å². The molecule has 0 aliphatic heterocycles. The maximum absolute atomic E-state index is 12.0. The largest absolute Gasteiger partial charge is 0.347 e. The Morgan fingerprint density at radius 2 is 2.11 bits per heavy atom. The first-order chi connectivity index (χ1) is 8.61. The Bertz CT molecular complexity index is 489. The van der Waals surface area contributed by atoms with Crippen LogP contribution in [0.2, 0.25) is 0 Å². The minimum absolute atomic E-state index is 0.126. The van der Waals surface area contributed by atoms with Crippen molar-refractivity contribution in [2.45, 2.75) is 46.2 Å². The minimum Gasteiger partial charge on any atom is -0.347 e. The summed E-state index contributed by atoms with van der Waals surface area (Å²) in [5.74, 6) is 0.231. The van der Waals surface area contributed by atoms with Crippen molar-refractivity contribution in [3.8, 4) is 0 Å². The monoisotopic (exact) mass is 285 g/mol. The molecule has 0 saturated heterocycles. The van der Waals surface area contributed by atoms with Crippen molar-refractivity contribution in [1.82, 2.24) is 15.1 Å². The Balaban J connectivity index is 2.81. The molecule has 0 bridgehead atoms. The summed E-state index contributed by atoms with van der Waals surface area (Å²) in [6, 6.07) is 1.65. The van der Waals surface area contributed by atoms with Crippen LogP contribution in [0.5, 0.6) is 0 Å². The number of carbonyl (C=O) groups is 1. The van der Waals surface area contributed by atoms with Gasteiger partial charge in [-0.1, -0.05) is 0 Å². The van der Waals surface area contributed by atoms with Gasteiger partial charge in [-0.25, -0.2) is 0 Å². The van der Waals surface area contributed by atoms with Crippen molar-refractivity contribution < 1.29 is 9.00 Å². The molecule has 2 atom stereocenters. The molecule has 0 fully saturated rings. The van der Waals surface area contributed by atoms with E-state index in [1.165, 1.54) is 0 Å². The average Bonchev–Trinajstić information content (AvgIpc) is 2.58. The highest BCUT2D eigenvalue weighted by molar-refractivity contribution is 7.84. The zero-order valence-electron chi connectivity index (χ0n) is 12.5. The summed E-state index contributed by atoms with van der Waals surface area (Å²) in [5, 5.41) is 7.15. The Hall–Kier alpha value is -1.17. The van der Waals surface area contributed by atoms with Crippen LogP contribution >= 0.6 is 0 Å². The molecular weight excluding hydrogens is 262 g/mol. The Morgan fingerprint density at radius 1 is 1.53 bits per heavy atom. The number of aromatic nitrogens is 2. The van der Waals surface area contributed by atoms with E-state index in [0.717, 1.165) is 5.69 Å². The van der Waals surface area contributed by atoms with Crippen LogP contribution in [-0.4, -0.2) is 37.9 Å². The van der Waals surface area contributed by atoms with E-state index in [9.17, 15) is 9.00 Å². The molecule has 0 aliphatic rings. The van der Waals surface area contributed by atoms with E-state index in [1.54, 1.807) is 12.3 Å². The lowest BCUT2D eigenvalue weighted by Gasteiger charge is -2.21. The van der Waals surface area contributed by atoms with Crippen molar-refractivity contribution in [3.63, 3.8) is 0 Å². The van der Waals surface area contributed by atoms with Gasteiger partial charge < -0.3 is 5.32 Å². The average molecular weight is 285 g/mol. The molecule has 1 heterocycles. The van der Waals surface area contributed by atoms with E-state index in [-0.39, 0.29) is 17.5 Å². The van der Waals surface area contributed by atoms with Gasteiger partial charge in [-0.15, -0.1) is 0 Å². The molecule has 1 aromatic rings. The summed E-state index contributed by atoms with van der Waals surface area (Å²) in [7, 11) is -0.922. The van der Waals surface area contributed by atoms with E-state index in [1.807, 2.05) is 39.3 Å². The molecule has 5 nitrogen and oxygen atoms in total. The molecule has 6 heteroatoms. The van der Waals surface area contributed by atoms with Gasteiger partial charge >= 0.3 is 0 Å². The second-order valence-electron chi connectivity index (χ2n) is 5.87. The number of nitrogens with one attached hydrogen (secondary N) is 1. The van der Waals surface area contributed by atoms with Crippen molar-refractivity contribution >= 4 is 16.7 Å². The number of hydrogen-bond donors (Lipinski definition) is 1. The van der Waals surface area contributed by atoms with Gasteiger partial charge in [-0.2, -0.15) is 5.10 Å². The number of rotatable bonds is 4. The van der Waals surface area contributed by atoms with Gasteiger partial charge in [-0.05, 0) is 40.7 Å². The maximum Gasteiger partial charge on any atom is 0.272 e. The van der Waals surface area contributed by atoms with Crippen LogP contribution in [0.15, 0.2) is 6.07 Å². The molecule has 0 unspecified atom stereocenters. The summed E-state index contributed by atoms with van der Waals surface area (Å²) in [6.07, 6.45) is 1.63. The zero-order chi connectivity index (χ0) is 14.8. The molecular formula is C13H23N3O2S. The van der Waals surface area contributed by atoms with Crippen LogP contribution in [0.1, 0.15) is 43.9 Å². The number of aryl methyl sites for hydroxylation is 1. The molecule has 0 saturated carbocycles. The molecule has 0 aromatic carbocycles. The van der Waals surface area contributed by atoms with Gasteiger partial charge in [-0.3, -0.25) is 13.7 Å². The number of amides is 1. The first-order valence-electron chi connectivity index (χ1n) is 6.29. The van der Waals surface area contributed by atoms with Gasteiger partial charge in [0.1, 0.15) is 5.69 Å². The van der Waals surface area contributed by atoms with Gasteiger partial charge in [0.2, 0.25) is 0 Å². The SMILES string of the molecule is Cc1cc(C(=O)N[C@@H](C)C[S@](C)=O)nn1C(C)(C)C. The summed E-state index contributed by atoms with van der Waals surface area (Å²) >= 11 is 0. The van der Waals surface area contributed by atoms with Crippen LogP contribution in [0.25, 0.3) is 0 Å². The fourth-order valence-electron chi connectivity index (χ4n) is 1.96. The summed E-state index contributed by atoms with van der Waals surface area (Å²) in [5.41, 5.74) is 1.20. The topological polar surface area (TPSA) is 64.0 Å². The van der Waals surface area contributed by atoms with Crippen molar-refractivity contribution in [2.24, 2.45) is 0 Å². The van der Waals surface area contributed by atoms with Crippen LogP contribution < -0.4 is 5.32 Å². The van der Waals surface area contributed by atoms with Gasteiger partial charge in [0.05, 0.1) is 5.54 Å². The Labute approximate surface area is 117 Å². The lowest BCUT2D eigenvalue weighted by molar-refractivity contribution is 0.0937. The third kappa shape index (κ3) is 4.45. The van der Waals surface area contributed by atoms with Crippen LogP contribution in [-0.2, 0) is 16.3 Å². The molecule has 19 heavy (non-hydrogen) atoms. The van der Waals surface area contributed by atoms with E-state index < -0.39 is 10.8 Å². The minimum atomic E-state index is -0.922. The van der Waals surface area contributed by atoms with Crippen molar-refractivity contribution in [1.29, 1.82) is 0 Å². The highest BCUT2D eigenvalue weighted by atomic mass is 32.2. The first kappa shape index (κ1) is 15.9. The van der Waals surface area contributed by atoms with Crippen LogP contribution in [0, 0.1) is 6.92 Å². The number of nitrogens with zero attached hydrogens (tertiary/aromatic N) is 2. The lowest BCUT2D eigenvalue weighted by atomic mass is 10.1. The van der Waals surface area contributed by atoms with Gasteiger partial charge in [0.15, 0.2) is 0 Å². The second kappa shape index (κ2) is 5.86. The molecule has 0 radical (unpaired) electrons. The highest BCUT2D eigenvalue weighted by Crippen LogP contribution is 2.16. The first-order valence-corrected chi connectivity index (χ1v) is 8.02. The smallest absolute Gasteiger partial charge is 0.272 e. The zero-order valence-corrected chi connectivity index (χ0v) is 13.3. The highest BCUT2D eigenvalue weighted by Gasteiger charge is 2.21. The molecule has 1 N–H and O–H groups in total. The number of carbonyl (C=O) groups excluding carboxylic acids is 1. The van der Waals surface area contributed by atoms with E-state index in [2.05, 4.69) is 10.4 Å². The van der Waals surface area contributed by atoms with E-state index in [0.29, 0.717) is 11.4 Å². The third-order valence-electron chi connectivity index (χ3n) is 2.62. The maximum atomic E-state index is 12.0. The molecule has 0 aliphatic carbocycles. The van der Waals surface area contributed by atoms with Crippen LogP contribution in [0.3, 0.4) is 0 Å². The normalized spacial score (nSPS) is 15.1. The lowest BCUT2D eigenvalue weighted by Crippen LogP contribution is -2.36. The van der Waals surface area contributed by atoms with Gasteiger partial charge in [0, 0.05) is 34.5 Å².